The van der Waals surface area contributed by atoms with Crippen LogP contribution in [-0.4, -0.2) is 36.7 Å². The fraction of sp³-hybridized carbons (Fsp3) is 0.250. The molecule has 0 saturated heterocycles. The van der Waals surface area contributed by atoms with E-state index in [1.165, 1.54) is 37.8 Å². The average Bonchev–Trinajstić information content (AvgIpc) is 3.71. The standard InChI is InChI=1S/C32H30FN7/c1-19-10-22(13-24(33)11-19)30-25-14-29(37-27(25)8-9-36-30)32-31-28(39-40-32)7-6-26(38-31)23-12-21(17-35-18-23)16-34-15-20-4-2-3-5-20/h6-14,17-18,20,34,37H,2-5,15-16H2,1H3,(H,39,40). The van der Waals surface area contributed by atoms with Crippen LogP contribution in [0, 0.1) is 18.7 Å². The van der Waals surface area contributed by atoms with Crippen LogP contribution in [0.4, 0.5) is 4.39 Å². The second kappa shape index (κ2) is 10.3. The van der Waals surface area contributed by atoms with Crippen LogP contribution in [0.3, 0.4) is 0 Å². The van der Waals surface area contributed by atoms with Crippen LogP contribution in [0.2, 0.25) is 0 Å². The number of H-pyrrole nitrogens is 2. The third-order valence-electron chi connectivity index (χ3n) is 7.85. The normalized spacial score (nSPS) is 14.1. The molecule has 0 radical (unpaired) electrons. The Bertz CT molecular complexity index is 1810. The quantitative estimate of drug-likeness (QED) is 0.207. The van der Waals surface area contributed by atoms with Crippen molar-refractivity contribution in [3.63, 3.8) is 0 Å². The van der Waals surface area contributed by atoms with E-state index in [4.69, 9.17) is 4.98 Å². The van der Waals surface area contributed by atoms with Crippen LogP contribution in [0.25, 0.3) is 55.8 Å². The van der Waals surface area contributed by atoms with Gasteiger partial charge in [0, 0.05) is 47.2 Å². The Kier molecular flexibility index (Phi) is 6.32. The van der Waals surface area contributed by atoms with Gasteiger partial charge in [-0.1, -0.05) is 12.8 Å². The Labute approximate surface area is 231 Å². The molecule has 0 amide bonds. The minimum absolute atomic E-state index is 0.275. The van der Waals surface area contributed by atoms with Gasteiger partial charge in [-0.05, 0) is 91.9 Å². The van der Waals surface area contributed by atoms with E-state index in [1.54, 1.807) is 6.20 Å². The molecule has 6 aromatic rings. The Morgan fingerprint density at radius 1 is 0.950 bits per heavy atom. The van der Waals surface area contributed by atoms with Gasteiger partial charge < -0.3 is 10.3 Å². The van der Waals surface area contributed by atoms with Gasteiger partial charge in [0.2, 0.25) is 0 Å². The van der Waals surface area contributed by atoms with Crippen molar-refractivity contribution in [1.29, 1.82) is 0 Å². The fourth-order valence-electron chi connectivity index (χ4n) is 5.89. The molecule has 40 heavy (non-hydrogen) atoms. The summed E-state index contributed by atoms with van der Waals surface area (Å²) in [7, 11) is 0. The summed E-state index contributed by atoms with van der Waals surface area (Å²) in [6.07, 6.45) is 10.9. The Morgan fingerprint density at radius 3 is 2.73 bits per heavy atom. The first-order valence-electron chi connectivity index (χ1n) is 13.9. The molecule has 5 aromatic heterocycles. The van der Waals surface area contributed by atoms with Gasteiger partial charge in [0.05, 0.1) is 22.6 Å². The van der Waals surface area contributed by atoms with Crippen molar-refractivity contribution in [3.8, 4) is 33.9 Å². The fourth-order valence-corrected chi connectivity index (χ4v) is 5.89. The molecule has 7 rings (SSSR count). The molecule has 0 unspecified atom stereocenters. The average molecular weight is 532 g/mol. The first kappa shape index (κ1) is 24.6. The van der Waals surface area contributed by atoms with Crippen molar-refractivity contribution in [2.75, 3.05) is 6.54 Å². The number of nitrogens with zero attached hydrogens (tertiary/aromatic N) is 4. The molecule has 1 aliphatic carbocycles. The van der Waals surface area contributed by atoms with Crippen molar-refractivity contribution < 1.29 is 4.39 Å². The molecule has 3 N–H and O–H groups in total. The molecule has 8 heteroatoms. The summed E-state index contributed by atoms with van der Waals surface area (Å²) in [6, 6.07) is 15.1. The van der Waals surface area contributed by atoms with Crippen LogP contribution in [0.5, 0.6) is 0 Å². The van der Waals surface area contributed by atoms with Gasteiger partial charge in [-0.3, -0.25) is 15.1 Å². The van der Waals surface area contributed by atoms with Crippen LogP contribution in [0.15, 0.2) is 67.1 Å². The number of aryl methyl sites for hydroxylation is 1. The number of aromatic amines is 2. The number of hydrogen-bond acceptors (Lipinski definition) is 5. The number of aromatic nitrogens is 6. The predicted molar refractivity (Wildman–Crippen MR) is 156 cm³/mol. The zero-order valence-corrected chi connectivity index (χ0v) is 22.3. The van der Waals surface area contributed by atoms with Crippen molar-refractivity contribution in [1.82, 2.24) is 35.5 Å². The third kappa shape index (κ3) is 4.75. The maximum Gasteiger partial charge on any atom is 0.135 e. The minimum Gasteiger partial charge on any atom is -0.353 e. The van der Waals surface area contributed by atoms with Crippen molar-refractivity contribution in [3.05, 3.63) is 84.1 Å². The summed E-state index contributed by atoms with van der Waals surface area (Å²) in [5.41, 5.74) is 9.32. The monoisotopic (exact) mass is 531 g/mol. The lowest BCUT2D eigenvalue weighted by molar-refractivity contribution is 0.489. The molecule has 0 spiro atoms. The lowest BCUT2D eigenvalue weighted by Gasteiger charge is -2.11. The van der Waals surface area contributed by atoms with E-state index in [2.05, 4.69) is 36.5 Å². The first-order chi connectivity index (χ1) is 19.6. The van der Waals surface area contributed by atoms with Gasteiger partial charge in [-0.25, -0.2) is 9.37 Å². The van der Waals surface area contributed by atoms with Crippen LogP contribution in [-0.2, 0) is 6.54 Å². The van der Waals surface area contributed by atoms with E-state index in [9.17, 15) is 4.39 Å². The summed E-state index contributed by atoms with van der Waals surface area (Å²) in [5, 5.41) is 12.2. The van der Waals surface area contributed by atoms with Crippen molar-refractivity contribution in [2.45, 2.75) is 39.2 Å². The van der Waals surface area contributed by atoms with Crippen LogP contribution in [0.1, 0.15) is 36.8 Å². The zero-order valence-electron chi connectivity index (χ0n) is 22.3. The lowest BCUT2D eigenvalue weighted by Crippen LogP contribution is -2.20. The molecule has 1 aliphatic rings. The number of hydrogen-bond donors (Lipinski definition) is 3. The molecule has 1 aromatic carbocycles. The topological polar surface area (TPSA) is 95.2 Å². The highest BCUT2D eigenvalue weighted by Gasteiger charge is 2.17. The van der Waals surface area contributed by atoms with E-state index in [1.807, 2.05) is 49.6 Å². The largest absolute Gasteiger partial charge is 0.353 e. The van der Waals surface area contributed by atoms with E-state index in [0.29, 0.717) is 0 Å². The van der Waals surface area contributed by atoms with Gasteiger partial charge in [-0.15, -0.1) is 0 Å². The highest BCUT2D eigenvalue weighted by atomic mass is 19.1. The minimum atomic E-state index is -0.275. The highest BCUT2D eigenvalue weighted by Crippen LogP contribution is 2.33. The molecule has 1 saturated carbocycles. The molecule has 5 heterocycles. The maximum absolute atomic E-state index is 14.2. The summed E-state index contributed by atoms with van der Waals surface area (Å²) < 4.78 is 14.2. The highest BCUT2D eigenvalue weighted by molar-refractivity contribution is 5.99. The molecule has 1 fully saturated rings. The number of fused-ring (bicyclic) bond motifs is 2. The van der Waals surface area contributed by atoms with E-state index < -0.39 is 0 Å². The first-order valence-corrected chi connectivity index (χ1v) is 13.9. The number of nitrogens with one attached hydrogen (secondary N) is 3. The third-order valence-corrected chi connectivity index (χ3v) is 7.85. The number of pyridine rings is 3. The summed E-state index contributed by atoms with van der Waals surface area (Å²) >= 11 is 0. The van der Waals surface area contributed by atoms with Gasteiger partial charge >= 0.3 is 0 Å². The molecule has 0 aliphatic heterocycles. The molecule has 0 atom stereocenters. The number of benzene rings is 1. The second-order valence-electron chi connectivity index (χ2n) is 10.8. The molecule has 200 valence electrons. The predicted octanol–water partition coefficient (Wildman–Crippen LogP) is 6.96. The van der Waals surface area contributed by atoms with Gasteiger partial charge in [0.25, 0.3) is 0 Å². The Balaban J connectivity index is 1.21. The lowest BCUT2D eigenvalue weighted by atomic mass is 10.0. The maximum atomic E-state index is 14.2. The van der Waals surface area contributed by atoms with Gasteiger partial charge in [-0.2, -0.15) is 5.10 Å². The Morgan fingerprint density at radius 2 is 1.85 bits per heavy atom. The molecule has 0 bridgehead atoms. The summed E-state index contributed by atoms with van der Waals surface area (Å²) in [5.74, 6) is 0.525. The SMILES string of the molecule is Cc1cc(F)cc(-c2nccc3[nH]c(-c4n[nH]c5ccc(-c6cncc(CNCC7CCCC7)c6)nc45)cc23)c1. The molecule has 7 nitrogen and oxygen atoms in total. The van der Waals surface area contributed by atoms with Crippen LogP contribution >= 0.6 is 0 Å². The van der Waals surface area contributed by atoms with Crippen molar-refractivity contribution >= 4 is 21.9 Å². The Hall–Kier alpha value is -4.43. The van der Waals surface area contributed by atoms with Crippen molar-refractivity contribution in [2.24, 2.45) is 5.92 Å². The molecular weight excluding hydrogens is 501 g/mol. The van der Waals surface area contributed by atoms with Crippen LogP contribution < -0.4 is 5.32 Å². The van der Waals surface area contributed by atoms with E-state index >= 15 is 0 Å². The molecular formula is C32H30FN7. The van der Waals surface area contributed by atoms with Gasteiger partial charge in [0.15, 0.2) is 0 Å². The zero-order chi connectivity index (χ0) is 27.1. The summed E-state index contributed by atoms with van der Waals surface area (Å²) in [4.78, 5) is 17.5. The summed E-state index contributed by atoms with van der Waals surface area (Å²) in [6.45, 7) is 3.74. The van der Waals surface area contributed by atoms with E-state index in [-0.39, 0.29) is 5.82 Å². The van der Waals surface area contributed by atoms with Gasteiger partial charge in [0.1, 0.15) is 17.0 Å². The number of halogens is 1. The van der Waals surface area contributed by atoms with E-state index in [0.717, 1.165) is 86.0 Å². The smallest absolute Gasteiger partial charge is 0.135 e. The number of rotatable bonds is 7. The second-order valence-corrected chi connectivity index (χ2v) is 10.8.